The maximum absolute atomic E-state index is 13.0. The minimum Gasteiger partial charge on any atom is -0.496 e. The quantitative estimate of drug-likeness (QED) is 0.680. The van der Waals surface area contributed by atoms with Gasteiger partial charge in [-0.3, -0.25) is 9.40 Å². The van der Waals surface area contributed by atoms with Crippen molar-refractivity contribution in [1.82, 2.24) is 14.9 Å². The van der Waals surface area contributed by atoms with Crippen molar-refractivity contribution in [3.05, 3.63) is 36.2 Å². The summed E-state index contributed by atoms with van der Waals surface area (Å²) in [6.07, 6.45) is 7.48. The summed E-state index contributed by atoms with van der Waals surface area (Å²) in [5.74, 6) is 1.51. The van der Waals surface area contributed by atoms with Crippen LogP contribution in [0, 0.1) is 11.8 Å². The van der Waals surface area contributed by atoms with Crippen molar-refractivity contribution in [2.24, 2.45) is 11.8 Å². The number of sulfonamides is 1. The summed E-state index contributed by atoms with van der Waals surface area (Å²) < 4.78 is 41.3. The molecule has 2 aliphatic rings. The average Bonchev–Trinajstić information content (AvgIpc) is 3.46. The van der Waals surface area contributed by atoms with Gasteiger partial charge in [-0.25, -0.2) is 8.42 Å². The Labute approximate surface area is 162 Å². The molecule has 9 heteroatoms. The molecule has 0 spiro atoms. The van der Waals surface area contributed by atoms with E-state index >= 15 is 0 Å². The molecule has 3 aromatic rings. The van der Waals surface area contributed by atoms with Crippen LogP contribution in [-0.2, 0) is 16.6 Å². The molecule has 0 amide bonds. The van der Waals surface area contributed by atoms with Crippen molar-refractivity contribution in [2.45, 2.75) is 37.5 Å². The van der Waals surface area contributed by atoms with Crippen molar-refractivity contribution in [1.29, 1.82) is 0 Å². The second-order valence-corrected chi connectivity index (χ2v) is 9.67. The minimum absolute atomic E-state index is 0.195. The zero-order valence-corrected chi connectivity index (χ0v) is 16.4. The molecule has 8 nitrogen and oxygen atoms in total. The van der Waals surface area contributed by atoms with E-state index in [1.807, 2.05) is 24.4 Å². The topological polar surface area (TPSA) is 99.2 Å². The molecule has 148 valence electrons. The molecule has 2 fully saturated rings. The van der Waals surface area contributed by atoms with E-state index in [0.29, 0.717) is 29.2 Å². The van der Waals surface area contributed by atoms with Gasteiger partial charge in [0.1, 0.15) is 11.1 Å². The van der Waals surface area contributed by atoms with Gasteiger partial charge >= 0.3 is 0 Å². The summed E-state index contributed by atoms with van der Waals surface area (Å²) in [5, 5.41) is 8.39. The van der Waals surface area contributed by atoms with Gasteiger partial charge in [0.2, 0.25) is 10.0 Å². The van der Waals surface area contributed by atoms with Gasteiger partial charge in [-0.05, 0) is 54.9 Å². The van der Waals surface area contributed by atoms with Crippen LogP contribution in [0.2, 0.25) is 0 Å². The number of nitrogens with one attached hydrogen (secondary N) is 1. The first-order chi connectivity index (χ1) is 13.5. The molecule has 2 bridgehead atoms. The lowest BCUT2D eigenvalue weighted by atomic mass is 10.0. The van der Waals surface area contributed by atoms with Crippen LogP contribution in [0.15, 0.2) is 35.1 Å². The smallest absolute Gasteiger partial charge is 0.237 e. The molecular formula is C19H22N4O4S. The average molecular weight is 402 g/mol. The van der Waals surface area contributed by atoms with Crippen molar-refractivity contribution in [3.8, 4) is 5.75 Å². The van der Waals surface area contributed by atoms with Gasteiger partial charge in [-0.15, -0.1) is 0 Å². The van der Waals surface area contributed by atoms with Crippen LogP contribution < -0.4 is 9.46 Å². The Hall–Kier alpha value is -2.55. The fraction of sp³-hybridized carbons (Fsp3) is 0.474. The molecule has 0 aliphatic heterocycles. The van der Waals surface area contributed by atoms with E-state index in [2.05, 4.69) is 15.0 Å². The molecule has 2 aliphatic carbocycles. The summed E-state index contributed by atoms with van der Waals surface area (Å²) in [5.41, 5.74) is 1.40. The number of hydrogen-bond donors (Lipinski definition) is 1. The van der Waals surface area contributed by atoms with Crippen molar-refractivity contribution in [3.63, 3.8) is 0 Å². The van der Waals surface area contributed by atoms with Gasteiger partial charge in [0.25, 0.3) is 0 Å². The molecule has 0 unspecified atom stereocenters. The lowest BCUT2D eigenvalue weighted by Gasteiger charge is -2.21. The Kier molecular flexibility index (Phi) is 4.08. The van der Waals surface area contributed by atoms with Crippen molar-refractivity contribution < 1.29 is 17.7 Å². The summed E-state index contributed by atoms with van der Waals surface area (Å²) in [7, 11) is -1.97. The predicted octanol–water partition coefficient (Wildman–Crippen LogP) is 3.01. The lowest BCUT2D eigenvalue weighted by molar-refractivity contribution is 0.418. The molecule has 3 atom stereocenters. The molecule has 1 aromatic carbocycles. The first-order valence-electron chi connectivity index (χ1n) is 9.49. The Morgan fingerprint density at radius 2 is 2.21 bits per heavy atom. The van der Waals surface area contributed by atoms with Crippen LogP contribution in [-0.4, -0.2) is 35.7 Å². The highest BCUT2D eigenvalue weighted by Gasteiger charge is 2.46. The predicted molar refractivity (Wildman–Crippen MR) is 104 cm³/mol. The molecule has 2 aromatic heterocycles. The number of anilines is 1. The standard InChI is InChI=1S/C19H22N4O4S/c1-26-15-8-13(11-23-6-2-5-20-23)9-16-18(15)19(21-27-16)22-28(24,25)17-10-12-3-4-14(17)7-12/h2,5-6,8-9,12,14,17H,3-4,7,10-11H2,1H3,(H,21,22)/t12-,14-,17-/m0/s1. The number of aromatic nitrogens is 3. The van der Waals surface area contributed by atoms with Crippen LogP contribution in [0.5, 0.6) is 5.75 Å². The zero-order chi connectivity index (χ0) is 19.3. The Morgan fingerprint density at radius 1 is 1.32 bits per heavy atom. The molecule has 1 N–H and O–H groups in total. The first kappa shape index (κ1) is 17.5. The monoisotopic (exact) mass is 402 g/mol. The lowest BCUT2D eigenvalue weighted by Crippen LogP contribution is -2.32. The third-order valence-electron chi connectivity index (χ3n) is 6.03. The maximum atomic E-state index is 13.0. The van der Waals surface area contributed by atoms with E-state index in [1.54, 1.807) is 18.0 Å². The van der Waals surface area contributed by atoms with E-state index in [0.717, 1.165) is 31.2 Å². The largest absolute Gasteiger partial charge is 0.496 e. The van der Waals surface area contributed by atoms with E-state index in [4.69, 9.17) is 9.26 Å². The fourth-order valence-corrected chi connectivity index (χ4v) is 6.61. The van der Waals surface area contributed by atoms with Crippen molar-refractivity contribution in [2.75, 3.05) is 11.8 Å². The molecule has 0 radical (unpaired) electrons. The van der Waals surface area contributed by atoms with Gasteiger partial charge in [0.15, 0.2) is 11.4 Å². The highest BCUT2D eigenvalue weighted by molar-refractivity contribution is 7.93. The van der Waals surface area contributed by atoms with Crippen LogP contribution in [0.4, 0.5) is 5.82 Å². The molecular weight excluding hydrogens is 380 g/mol. The zero-order valence-electron chi connectivity index (χ0n) is 15.5. The van der Waals surface area contributed by atoms with Gasteiger partial charge in [0, 0.05) is 12.4 Å². The summed E-state index contributed by atoms with van der Waals surface area (Å²) in [4.78, 5) is 0. The second kappa shape index (κ2) is 6.51. The molecule has 2 saturated carbocycles. The highest BCUT2D eigenvalue weighted by Crippen LogP contribution is 2.47. The van der Waals surface area contributed by atoms with E-state index < -0.39 is 10.0 Å². The number of nitrogens with zero attached hydrogens (tertiary/aromatic N) is 3. The number of benzene rings is 1. The SMILES string of the molecule is COc1cc(Cn2cccn2)cc2onc(NS(=O)(=O)[C@H]3C[C@H]4CC[C@H]3C4)c12. The summed E-state index contributed by atoms with van der Waals surface area (Å²) in [6.45, 7) is 0.548. The number of methoxy groups -OCH3 is 1. The van der Waals surface area contributed by atoms with E-state index in [9.17, 15) is 8.42 Å². The van der Waals surface area contributed by atoms with Crippen LogP contribution >= 0.6 is 0 Å². The van der Waals surface area contributed by atoms with Crippen LogP contribution in [0.1, 0.15) is 31.2 Å². The van der Waals surface area contributed by atoms with Gasteiger partial charge in [0.05, 0.1) is 18.9 Å². The Balaban J connectivity index is 1.47. The fourth-order valence-electron chi connectivity index (χ4n) is 4.77. The third-order valence-corrected chi connectivity index (χ3v) is 7.88. The first-order valence-corrected chi connectivity index (χ1v) is 11.0. The van der Waals surface area contributed by atoms with Crippen LogP contribution in [0.3, 0.4) is 0 Å². The molecule has 5 rings (SSSR count). The number of ether oxygens (including phenoxy) is 1. The van der Waals surface area contributed by atoms with E-state index in [-0.39, 0.29) is 17.0 Å². The van der Waals surface area contributed by atoms with Gasteiger partial charge in [-0.1, -0.05) is 11.6 Å². The summed E-state index contributed by atoms with van der Waals surface area (Å²) >= 11 is 0. The Morgan fingerprint density at radius 3 is 2.89 bits per heavy atom. The normalized spacial score (nSPS) is 24.1. The number of fused-ring (bicyclic) bond motifs is 3. The molecule has 0 saturated heterocycles. The van der Waals surface area contributed by atoms with Crippen LogP contribution in [0.25, 0.3) is 11.0 Å². The Bertz CT molecular complexity index is 1110. The van der Waals surface area contributed by atoms with Gasteiger partial charge < -0.3 is 9.26 Å². The number of hydrogen-bond acceptors (Lipinski definition) is 6. The maximum Gasteiger partial charge on any atom is 0.237 e. The molecule has 28 heavy (non-hydrogen) atoms. The number of rotatable bonds is 6. The van der Waals surface area contributed by atoms with E-state index in [1.165, 1.54) is 0 Å². The highest BCUT2D eigenvalue weighted by atomic mass is 32.2. The summed E-state index contributed by atoms with van der Waals surface area (Å²) in [6, 6.07) is 5.55. The third kappa shape index (κ3) is 2.94. The minimum atomic E-state index is -3.52. The van der Waals surface area contributed by atoms with Crippen molar-refractivity contribution >= 4 is 26.8 Å². The molecule has 2 heterocycles. The second-order valence-electron chi connectivity index (χ2n) is 7.77. The van der Waals surface area contributed by atoms with Gasteiger partial charge in [-0.2, -0.15) is 5.10 Å².